The standard InChI is InChI=1S/C25H33NO5/c1-16-13-18(7-9-20(16)27)21(28)15-26-24-23(31-24)25(3,4)11-6-12-30-19-8-10-22(29-5)17(2)14-19/h7-10,13-14,23-24,26-27H,6,11-12,15H2,1-5H3. The summed E-state index contributed by atoms with van der Waals surface area (Å²) in [7, 11) is 1.66. The van der Waals surface area contributed by atoms with Gasteiger partial charge in [-0.3, -0.25) is 10.1 Å². The van der Waals surface area contributed by atoms with Gasteiger partial charge < -0.3 is 19.3 Å². The average molecular weight is 428 g/mol. The molecule has 3 rings (SSSR count). The Hall–Kier alpha value is -2.57. The van der Waals surface area contributed by atoms with Gasteiger partial charge in [-0.1, -0.05) is 13.8 Å². The minimum Gasteiger partial charge on any atom is -0.508 e. The molecule has 1 heterocycles. The van der Waals surface area contributed by atoms with Gasteiger partial charge in [0.1, 0.15) is 29.6 Å². The molecular weight excluding hydrogens is 394 g/mol. The summed E-state index contributed by atoms with van der Waals surface area (Å²) in [5.41, 5.74) is 2.32. The lowest BCUT2D eigenvalue weighted by atomic mass is 9.84. The number of benzene rings is 2. The number of carbonyl (C=O) groups excluding carboxylic acids is 1. The maximum atomic E-state index is 12.4. The fourth-order valence-corrected chi connectivity index (χ4v) is 3.79. The van der Waals surface area contributed by atoms with Crippen LogP contribution in [0, 0.1) is 19.3 Å². The minimum absolute atomic E-state index is 0.0154. The van der Waals surface area contributed by atoms with Gasteiger partial charge in [-0.2, -0.15) is 0 Å². The number of rotatable bonds is 11. The molecule has 2 aromatic carbocycles. The number of hydrogen-bond acceptors (Lipinski definition) is 6. The molecule has 0 radical (unpaired) electrons. The van der Waals surface area contributed by atoms with Crippen LogP contribution in [0.1, 0.15) is 48.2 Å². The van der Waals surface area contributed by atoms with Crippen molar-refractivity contribution in [2.24, 2.45) is 5.41 Å². The summed E-state index contributed by atoms with van der Waals surface area (Å²) in [6.45, 7) is 8.99. The molecule has 2 aromatic rings. The van der Waals surface area contributed by atoms with Crippen molar-refractivity contribution in [2.45, 2.75) is 52.9 Å². The van der Waals surface area contributed by atoms with E-state index in [1.165, 1.54) is 0 Å². The number of epoxide rings is 1. The Kier molecular flexibility index (Phi) is 7.23. The molecule has 0 aromatic heterocycles. The van der Waals surface area contributed by atoms with Crippen molar-refractivity contribution < 1.29 is 24.1 Å². The zero-order valence-corrected chi connectivity index (χ0v) is 19.0. The van der Waals surface area contributed by atoms with E-state index in [1.807, 2.05) is 25.1 Å². The summed E-state index contributed by atoms with van der Waals surface area (Å²) in [4.78, 5) is 12.4. The molecule has 0 spiro atoms. The van der Waals surface area contributed by atoms with Crippen LogP contribution in [-0.2, 0) is 4.74 Å². The number of Topliss-reactive ketones (excluding diaryl/α,β-unsaturated/α-hetero) is 1. The first-order valence-corrected chi connectivity index (χ1v) is 10.7. The number of aromatic hydroxyl groups is 1. The zero-order chi connectivity index (χ0) is 22.6. The average Bonchev–Trinajstić information content (AvgIpc) is 3.52. The van der Waals surface area contributed by atoms with E-state index in [0.29, 0.717) is 17.7 Å². The van der Waals surface area contributed by atoms with Crippen molar-refractivity contribution in [3.63, 3.8) is 0 Å². The van der Waals surface area contributed by atoms with Crippen LogP contribution in [0.25, 0.3) is 0 Å². The number of phenols is 1. The molecule has 168 valence electrons. The Bertz CT molecular complexity index is 924. The Morgan fingerprint density at radius 2 is 1.94 bits per heavy atom. The summed E-state index contributed by atoms with van der Waals surface area (Å²) in [5, 5.41) is 12.8. The number of aryl methyl sites for hydroxylation is 2. The quantitative estimate of drug-likeness (QED) is 0.314. The predicted molar refractivity (Wildman–Crippen MR) is 120 cm³/mol. The van der Waals surface area contributed by atoms with Crippen molar-refractivity contribution >= 4 is 5.78 Å². The molecule has 6 nitrogen and oxygen atoms in total. The van der Waals surface area contributed by atoms with Gasteiger partial charge in [0.05, 0.1) is 20.3 Å². The van der Waals surface area contributed by atoms with E-state index >= 15 is 0 Å². The lowest BCUT2D eigenvalue weighted by molar-refractivity contribution is 0.0986. The van der Waals surface area contributed by atoms with E-state index in [9.17, 15) is 9.90 Å². The molecule has 0 bridgehead atoms. The van der Waals surface area contributed by atoms with Gasteiger partial charge in [0.15, 0.2) is 5.78 Å². The van der Waals surface area contributed by atoms with Gasteiger partial charge in [0.25, 0.3) is 0 Å². The van der Waals surface area contributed by atoms with Crippen LogP contribution in [0.2, 0.25) is 0 Å². The number of hydrogen-bond donors (Lipinski definition) is 2. The number of phenolic OH excluding ortho intramolecular Hbond substituents is 1. The van der Waals surface area contributed by atoms with E-state index in [4.69, 9.17) is 14.2 Å². The van der Waals surface area contributed by atoms with Crippen LogP contribution in [-0.4, -0.2) is 43.5 Å². The summed E-state index contributed by atoms with van der Waals surface area (Å²) < 4.78 is 17.0. The van der Waals surface area contributed by atoms with Gasteiger partial charge in [0.2, 0.25) is 0 Å². The number of methoxy groups -OCH3 is 1. The predicted octanol–water partition coefficient (Wildman–Crippen LogP) is 4.40. The molecule has 0 amide bonds. The molecule has 31 heavy (non-hydrogen) atoms. The van der Waals surface area contributed by atoms with Crippen molar-refractivity contribution in [3.8, 4) is 17.2 Å². The lowest BCUT2D eigenvalue weighted by Crippen LogP contribution is -2.31. The first-order chi connectivity index (χ1) is 14.7. The second kappa shape index (κ2) is 9.71. The zero-order valence-electron chi connectivity index (χ0n) is 19.0. The molecule has 1 fully saturated rings. The Balaban J connectivity index is 1.39. The highest BCUT2D eigenvalue weighted by Crippen LogP contribution is 2.40. The second-order valence-corrected chi connectivity index (χ2v) is 8.85. The third kappa shape index (κ3) is 5.99. The highest BCUT2D eigenvalue weighted by molar-refractivity contribution is 5.98. The summed E-state index contributed by atoms with van der Waals surface area (Å²) in [6, 6.07) is 10.7. The van der Waals surface area contributed by atoms with Crippen LogP contribution in [0.4, 0.5) is 0 Å². The Labute approximate surface area is 184 Å². The van der Waals surface area contributed by atoms with Crippen LogP contribution < -0.4 is 14.8 Å². The van der Waals surface area contributed by atoms with E-state index in [0.717, 1.165) is 29.9 Å². The smallest absolute Gasteiger partial charge is 0.176 e. The minimum atomic E-state index is -0.109. The molecule has 0 saturated carbocycles. The van der Waals surface area contributed by atoms with E-state index in [2.05, 4.69) is 19.2 Å². The molecule has 2 unspecified atom stereocenters. The van der Waals surface area contributed by atoms with Crippen molar-refractivity contribution in [2.75, 3.05) is 20.3 Å². The first kappa shape index (κ1) is 23.1. The molecule has 2 N–H and O–H groups in total. The molecule has 6 heteroatoms. The van der Waals surface area contributed by atoms with Gasteiger partial charge in [-0.15, -0.1) is 0 Å². The van der Waals surface area contributed by atoms with E-state index in [-0.39, 0.29) is 35.8 Å². The van der Waals surface area contributed by atoms with Gasteiger partial charge in [-0.05, 0) is 79.6 Å². The number of ketones is 1. The first-order valence-electron chi connectivity index (χ1n) is 10.7. The van der Waals surface area contributed by atoms with Crippen LogP contribution in [0.3, 0.4) is 0 Å². The summed E-state index contributed by atoms with van der Waals surface area (Å²) in [5.74, 6) is 1.89. The molecule has 1 aliphatic rings. The van der Waals surface area contributed by atoms with E-state index < -0.39 is 0 Å². The normalized spacial score (nSPS) is 18.0. The summed E-state index contributed by atoms with van der Waals surface area (Å²) >= 11 is 0. The van der Waals surface area contributed by atoms with Gasteiger partial charge in [-0.25, -0.2) is 0 Å². The Morgan fingerprint density at radius 1 is 1.16 bits per heavy atom. The Morgan fingerprint density at radius 3 is 2.61 bits per heavy atom. The van der Waals surface area contributed by atoms with Crippen molar-refractivity contribution in [1.82, 2.24) is 5.32 Å². The van der Waals surface area contributed by atoms with Gasteiger partial charge >= 0.3 is 0 Å². The van der Waals surface area contributed by atoms with Crippen molar-refractivity contribution in [3.05, 3.63) is 53.1 Å². The molecule has 2 atom stereocenters. The van der Waals surface area contributed by atoms with Crippen LogP contribution >= 0.6 is 0 Å². The molecule has 0 aliphatic carbocycles. The van der Waals surface area contributed by atoms with E-state index in [1.54, 1.807) is 32.2 Å². The third-order valence-electron chi connectivity index (χ3n) is 5.84. The largest absolute Gasteiger partial charge is 0.508 e. The number of carbonyl (C=O) groups is 1. The summed E-state index contributed by atoms with van der Waals surface area (Å²) in [6.07, 6.45) is 1.83. The van der Waals surface area contributed by atoms with Gasteiger partial charge in [0, 0.05) is 5.56 Å². The fraction of sp³-hybridized carbons (Fsp3) is 0.480. The van der Waals surface area contributed by atoms with Crippen molar-refractivity contribution in [1.29, 1.82) is 0 Å². The maximum absolute atomic E-state index is 12.4. The molecule has 1 aliphatic heterocycles. The molecule has 1 saturated heterocycles. The highest BCUT2D eigenvalue weighted by atomic mass is 16.6. The van der Waals surface area contributed by atoms with Crippen LogP contribution in [0.5, 0.6) is 17.2 Å². The topological polar surface area (TPSA) is 80.3 Å². The number of ether oxygens (including phenoxy) is 3. The maximum Gasteiger partial charge on any atom is 0.176 e. The third-order valence-corrected chi connectivity index (χ3v) is 5.84. The SMILES string of the molecule is COc1ccc(OCCCC(C)(C)C2OC2NCC(=O)c2ccc(O)c(C)c2)cc1C. The second-order valence-electron chi connectivity index (χ2n) is 8.85. The number of nitrogens with one attached hydrogen (secondary N) is 1. The monoisotopic (exact) mass is 427 g/mol. The fourth-order valence-electron chi connectivity index (χ4n) is 3.79. The van der Waals surface area contributed by atoms with Crippen LogP contribution in [0.15, 0.2) is 36.4 Å². The highest BCUT2D eigenvalue weighted by Gasteiger charge is 2.49. The lowest BCUT2D eigenvalue weighted by Gasteiger charge is -2.22. The molecular formula is C25H33NO5.